The fourth-order valence-corrected chi connectivity index (χ4v) is 10.4. The van der Waals surface area contributed by atoms with Gasteiger partial charge in [0, 0.05) is 0 Å². The van der Waals surface area contributed by atoms with E-state index in [9.17, 15) is 0 Å². The molecule has 0 N–H and O–H groups in total. The highest BCUT2D eigenvalue weighted by Crippen LogP contribution is 2.67. The van der Waals surface area contributed by atoms with Gasteiger partial charge in [-0.2, -0.15) is 0 Å². The summed E-state index contributed by atoms with van der Waals surface area (Å²) in [6.07, 6.45) is 19.6. The molecule has 3 saturated carbocycles. The van der Waals surface area contributed by atoms with Gasteiger partial charge in [0.25, 0.3) is 0 Å². The normalized spacial score (nSPS) is 35.5. The minimum atomic E-state index is 0.367. The zero-order chi connectivity index (χ0) is 28.6. The number of ether oxygens (including phenoxy) is 1. The largest absolute Gasteiger partial charge is 0.370 e. The van der Waals surface area contributed by atoms with Gasteiger partial charge in [-0.25, -0.2) is 4.68 Å². The molecule has 224 valence electrons. The van der Waals surface area contributed by atoms with Gasteiger partial charge in [0.1, 0.15) is 0 Å². The highest BCUT2D eigenvalue weighted by Gasteiger charge is 2.59. The maximum Gasteiger partial charge on any atom is 0.0905 e. The first-order valence-electron chi connectivity index (χ1n) is 17.0. The van der Waals surface area contributed by atoms with E-state index in [1.54, 1.807) is 5.57 Å². The summed E-state index contributed by atoms with van der Waals surface area (Å²) in [6, 6.07) is 10.8. The van der Waals surface area contributed by atoms with Crippen molar-refractivity contribution in [2.24, 2.45) is 46.3 Å². The molecule has 0 radical (unpaired) electrons. The molecule has 0 spiro atoms. The van der Waals surface area contributed by atoms with Crippen LogP contribution in [0, 0.1) is 46.3 Å². The molecule has 8 atom stereocenters. The zero-order valence-corrected chi connectivity index (χ0v) is 26.5. The first-order chi connectivity index (χ1) is 19.8. The van der Waals surface area contributed by atoms with E-state index in [1.165, 1.54) is 69.8 Å². The van der Waals surface area contributed by atoms with E-state index >= 15 is 0 Å². The van der Waals surface area contributed by atoms with Gasteiger partial charge in [0.05, 0.1) is 31.1 Å². The molecule has 4 aliphatic carbocycles. The van der Waals surface area contributed by atoms with Crippen LogP contribution in [0.4, 0.5) is 0 Å². The monoisotopic (exact) mass is 557 g/mol. The lowest BCUT2D eigenvalue weighted by Gasteiger charge is -2.58. The Balaban J connectivity index is 1.11. The van der Waals surface area contributed by atoms with Crippen LogP contribution < -0.4 is 0 Å². The van der Waals surface area contributed by atoms with Gasteiger partial charge in [0.2, 0.25) is 0 Å². The predicted molar refractivity (Wildman–Crippen MR) is 167 cm³/mol. The Labute approximate surface area is 249 Å². The van der Waals surface area contributed by atoms with Crippen molar-refractivity contribution in [3.8, 4) is 0 Å². The quantitative estimate of drug-likeness (QED) is 0.273. The van der Waals surface area contributed by atoms with Gasteiger partial charge in [-0.3, -0.25) is 0 Å². The minimum Gasteiger partial charge on any atom is -0.370 e. The van der Waals surface area contributed by atoms with Crippen molar-refractivity contribution < 1.29 is 4.74 Å². The molecule has 1 aromatic carbocycles. The second kappa shape index (κ2) is 12.0. The molecular weight excluding hydrogens is 502 g/mol. The lowest BCUT2D eigenvalue weighted by Crippen LogP contribution is -2.50. The molecule has 41 heavy (non-hydrogen) atoms. The summed E-state index contributed by atoms with van der Waals surface area (Å²) in [7, 11) is 0. The van der Waals surface area contributed by atoms with Crippen molar-refractivity contribution in [3.05, 3.63) is 59.4 Å². The number of benzene rings is 1. The smallest absolute Gasteiger partial charge is 0.0905 e. The zero-order valence-electron chi connectivity index (χ0n) is 26.5. The predicted octanol–water partition coefficient (Wildman–Crippen LogP) is 9.58. The number of rotatable bonds is 10. The Kier molecular flexibility index (Phi) is 8.52. The summed E-state index contributed by atoms with van der Waals surface area (Å²) in [5.74, 6) is 5.34. The Morgan fingerprint density at radius 1 is 0.951 bits per heavy atom. The van der Waals surface area contributed by atoms with Crippen LogP contribution in [0.5, 0.6) is 0 Å². The number of nitrogens with zero attached hydrogens (tertiary/aromatic N) is 3. The summed E-state index contributed by atoms with van der Waals surface area (Å²) >= 11 is 0. The molecule has 0 aliphatic heterocycles. The molecule has 4 heteroatoms. The van der Waals surface area contributed by atoms with Crippen molar-refractivity contribution in [2.45, 2.75) is 125 Å². The van der Waals surface area contributed by atoms with Crippen LogP contribution in [-0.4, -0.2) is 15.0 Å². The summed E-state index contributed by atoms with van der Waals surface area (Å²) in [4.78, 5) is 0. The van der Waals surface area contributed by atoms with Crippen molar-refractivity contribution >= 4 is 0 Å². The molecule has 4 aliphatic rings. The van der Waals surface area contributed by atoms with Crippen LogP contribution in [0.3, 0.4) is 0 Å². The third-order valence-electron chi connectivity index (χ3n) is 12.6. The van der Waals surface area contributed by atoms with E-state index in [2.05, 4.69) is 80.0 Å². The van der Waals surface area contributed by atoms with Crippen LogP contribution >= 0.6 is 0 Å². The maximum absolute atomic E-state index is 6.08. The number of fused-ring (bicyclic) bond motifs is 5. The highest BCUT2D eigenvalue weighted by molar-refractivity contribution is 5.26. The molecule has 3 fully saturated rings. The number of aromatic nitrogens is 3. The van der Waals surface area contributed by atoms with Crippen molar-refractivity contribution in [2.75, 3.05) is 0 Å². The maximum atomic E-state index is 6.08. The number of hydrogen-bond donors (Lipinski definition) is 0. The van der Waals surface area contributed by atoms with E-state index in [0.29, 0.717) is 30.1 Å². The topological polar surface area (TPSA) is 39.9 Å². The van der Waals surface area contributed by atoms with Gasteiger partial charge in [-0.1, -0.05) is 101 Å². The molecule has 2 aromatic rings. The summed E-state index contributed by atoms with van der Waals surface area (Å²) < 4.78 is 8.28. The van der Waals surface area contributed by atoms with Gasteiger partial charge in [0.15, 0.2) is 0 Å². The first-order valence-corrected chi connectivity index (χ1v) is 17.0. The molecule has 0 saturated heterocycles. The van der Waals surface area contributed by atoms with Crippen molar-refractivity contribution in [1.82, 2.24) is 15.0 Å². The molecule has 6 rings (SSSR count). The lowest BCUT2D eigenvalue weighted by molar-refractivity contribution is -0.0527. The fraction of sp³-hybridized carbons (Fsp3) is 0.730. The van der Waals surface area contributed by atoms with E-state index in [1.807, 2.05) is 12.3 Å². The van der Waals surface area contributed by atoms with E-state index < -0.39 is 0 Å². The van der Waals surface area contributed by atoms with Crippen molar-refractivity contribution in [1.29, 1.82) is 0 Å². The Morgan fingerprint density at radius 3 is 2.59 bits per heavy atom. The van der Waals surface area contributed by atoms with Crippen molar-refractivity contribution in [3.63, 3.8) is 0 Å². The van der Waals surface area contributed by atoms with Gasteiger partial charge in [-0.15, -0.1) is 5.10 Å². The Morgan fingerprint density at radius 2 is 1.78 bits per heavy atom. The first kappa shape index (κ1) is 29.1. The van der Waals surface area contributed by atoms with Gasteiger partial charge >= 0.3 is 0 Å². The molecule has 8 unspecified atom stereocenters. The van der Waals surface area contributed by atoms with Crippen LogP contribution in [0.2, 0.25) is 0 Å². The Hall–Kier alpha value is -1.94. The molecule has 1 heterocycles. The highest BCUT2D eigenvalue weighted by atomic mass is 16.5. The summed E-state index contributed by atoms with van der Waals surface area (Å²) in [6.45, 7) is 13.9. The standard InChI is InChI=1S/C37H55N3O/c1-26(2)10-9-11-27(3)33-16-17-34-32-15-14-29-22-30(18-20-36(29,4)35(32)19-21-37(33,34)5)40-31(23-38-39-40)25-41-24-28-12-7-6-8-13-28/h6-8,12-14,23,26-27,30,32-35H,9-11,15-22,24-25H2,1-5H3. The average molecular weight is 558 g/mol. The fourth-order valence-electron chi connectivity index (χ4n) is 10.4. The number of allylic oxidation sites excluding steroid dienone is 2. The molecule has 0 amide bonds. The molecule has 0 bridgehead atoms. The van der Waals surface area contributed by atoms with Gasteiger partial charge in [-0.05, 0) is 103 Å². The third-order valence-corrected chi connectivity index (χ3v) is 12.6. The summed E-state index contributed by atoms with van der Waals surface area (Å²) in [5.41, 5.74) is 4.97. The van der Waals surface area contributed by atoms with Crippen LogP contribution in [-0.2, 0) is 18.0 Å². The van der Waals surface area contributed by atoms with E-state index in [0.717, 1.165) is 47.6 Å². The molecule has 1 aromatic heterocycles. The van der Waals surface area contributed by atoms with Gasteiger partial charge < -0.3 is 4.74 Å². The van der Waals surface area contributed by atoms with Crippen LogP contribution in [0.1, 0.15) is 123 Å². The third kappa shape index (κ3) is 5.59. The van der Waals surface area contributed by atoms with Crippen LogP contribution in [0.25, 0.3) is 0 Å². The number of hydrogen-bond acceptors (Lipinski definition) is 3. The minimum absolute atomic E-state index is 0.367. The summed E-state index contributed by atoms with van der Waals surface area (Å²) in [5, 5.41) is 8.89. The Bertz CT molecular complexity index is 1190. The van der Waals surface area contributed by atoms with Crippen LogP contribution in [0.15, 0.2) is 48.2 Å². The van der Waals surface area contributed by atoms with E-state index in [-0.39, 0.29) is 0 Å². The lowest BCUT2D eigenvalue weighted by atomic mass is 9.47. The van der Waals surface area contributed by atoms with E-state index in [4.69, 9.17) is 4.74 Å². The molecular formula is C37H55N3O. The molecule has 4 nitrogen and oxygen atoms in total. The second-order valence-corrected chi connectivity index (χ2v) is 15.3. The average Bonchev–Trinajstić information content (AvgIpc) is 3.57. The SMILES string of the molecule is CC(C)CCCC(C)C1CCC2C3CC=C4CC(n5nncc5COCc5ccccc5)CCC4(C)C3CCC12C. The second-order valence-electron chi connectivity index (χ2n) is 15.3.